The number of nitrogens with zero attached hydrogens (tertiary/aromatic N) is 1. The lowest BCUT2D eigenvalue weighted by molar-refractivity contribution is -0.114. The van der Waals surface area contributed by atoms with Crippen molar-refractivity contribution in [3.63, 3.8) is 0 Å². The number of anilines is 2. The Bertz CT molecular complexity index is 926. The summed E-state index contributed by atoms with van der Waals surface area (Å²) < 4.78 is 5.53. The first-order valence-electron chi connectivity index (χ1n) is 9.74. The van der Waals surface area contributed by atoms with Gasteiger partial charge in [0, 0.05) is 37.7 Å². The minimum atomic E-state index is -0.0887. The van der Waals surface area contributed by atoms with Crippen LogP contribution in [0.25, 0.3) is 11.1 Å². The van der Waals surface area contributed by atoms with Crippen molar-refractivity contribution in [1.29, 1.82) is 0 Å². The Hall–Kier alpha value is -2.18. The lowest BCUT2D eigenvalue weighted by Gasteiger charge is -2.30. The molecule has 1 N–H and O–H groups in total. The number of thiophene rings is 1. The van der Waals surface area contributed by atoms with Gasteiger partial charge in [0.25, 0.3) is 0 Å². The molecule has 1 aliphatic carbocycles. The number of nitrogens with one attached hydrogen (secondary N) is 1. The average Bonchev–Trinajstić information content (AvgIpc) is 3.00. The van der Waals surface area contributed by atoms with E-state index in [1.165, 1.54) is 6.92 Å². The largest absolute Gasteiger partial charge is 0.378 e. The Morgan fingerprint density at radius 1 is 1.21 bits per heavy atom. The van der Waals surface area contributed by atoms with Crippen molar-refractivity contribution in [2.75, 3.05) is 36.5 Å². The molecule has 0 saturated carbocycles. The van der Waals surface area contributed by atoms with Gasteiger partial charge in [0.2, 0.25) is 5.91 Å². The van der Waals surface area contributed by atoms with Crippen molar-refractivity contribution < 1.29 is 14.3 Å². The monoisotopic (exact) mass is 398 g/mol. The zero-order chi connectivity index (χ0) is 19.9. The van der Waals surface area contributed by atoms with Crippen LogP contribution in [0.4, 0.5) is 10.7 Å². The number of hydrogen-bond acceptors (Lipinski definition) is 5. The van der Waals surface area contributed by atoms with E-state index < -0.39 is 0 Å². The Kier molecular flexibility index (Phi) is 5.02. The minimum absolute atomic E-state index is 0.0442. The van der Waals surface area contributed by atoms with Crippen LogP contribution in [0.5, 0.6) is 0 Å². The Morgan fingerprint density at radius 2 is 1.96 bits per heavy atom. The molecule has 148 valence electrons. The molecule has 1 aliphatic heterocycles. The highest BCUT2D eigenvalue weighted by atomic mass is 32.1. The summed E-state index contributed by atoms with van der Waals surface area (Å²) in [4.78, 5) is 27.7. The number of hydrogen-bond donors (Lipinski definition) is 1. The molecule has 1 aromatic carbocycles. The second-order valence-corrected chi connectivity index (χ2v) is 9.39. The number of Topliss-reactive ketones (excluding diaryl/α,β-unsaturated/α-hetero) is 1. The number of ether oxygens (including phenoxy) is 1. The van der Waals surface area contributed by atoms with Crippen molar-refractivity contribution in [3.8, 4) is 11.1 Å². The zero-order valence-electron chi connectivity index (χ0n) is 16.6. The third kappa shape index (κ3) is 3.71. The number of fused-ring (bicyclic) bond motifs is 1. The van der Waals surface area contributed by atoms with E-state index in [4.69, 9.17) is 4.74 Å². The van der Waals surface area contributed by atoms with Crippen LogP contribution in [-0.2, 0) is 16.0 Å². The molecule has 1 aromatic heterocycles. The molecule has 28 heavy (non-hydrogen) atoms. The van der Waals surface area contributed by atoms with Crippen molar-refractivity contribution in [2.45, 2.75) is 33.6 Å². The number of carbonyl (C=O) groups is 2. The molecule has 1 fully saturated rings. The topological polar surface area (TPSA) is 58.6 Å². The van der Waals surface area contributed by atoms with Gasteiger partial charge >= 0.3 is 0 Å². The van der Waals surface area contributed by atoms with E-state index >= 15 is 0 Å². The molecule has 0 radical (unpaired) electrons. The summed E-state index contributed by atoms with van der Waals surface area (Å²) in [5.74, 6) is 0.157. The Morgan fingerprint density at radius 3 is 2.68 bits per heavy atom. The standard InChI is InChI=1S/C22H26N2O3S/c1-14(25)23-16-6-4-5-15(11-16)19-17-12-22(2,3)13-18(26)20(17)28-21(19)24-7-9-27-10-8-24/h4-6,11H,7-10,12-13H2,1-3H3,(H,23,25). The number of rotatable bonds is 3. The van der Waals surface area contributed by atoms with E-state index in [2.05, 4.69) is 30.1 Å². The van der Waals surface area contributed by atoms with Crippen LogP contribution in [0.3, 0.4) is 0 Å². The molecule has 1 saturated heterocycles. The summed E-state index contributed by atoms with van der Waals surface area (Å²) >= 11 is 1.63. The zero-order valence-corrected chi connectivity index (χ0v) is 17.4. The summed E-state index contributed by atoms with van der Waals surface area (Å²) in [5, 5.41) is 4.03. The smallest absolute Gasteiger partial charge is 0.221 e. The molecule has 0 atom stereocenters. The van der Waals surface area contributed by atoms with E-state index in [0.29, 0.717) is 19.6 Å². The predicted molar refractivity (Wildman–Crippen MR) is 114 cm³/mol. The van der Waals surface area contributed by atoms with Gasteiger partial charge in [-0.25, -0.2) is 0 Å². The second kappa shape index (κ2) is 7.33. The van der Waals surface area contributed by atoms with Crippen LogP contribution in [0.2, 0.25) is 0 Å². The quantitative estimate of drug-likeness (QED) is 0.834. The highest BCUT2D eigenvalue weighted by Gasteiger charge is 2.37. The summed E-state index contributed by atoms with van der Waals surface area (Å²) in [6, 6.07) is 7.94. The van der Waals surface area contributed by atoms with Crippen LogP contribution >= 0.6 is 11.3 Å². The first kappa shape index (κ1) is 19.2. The number of benzene rings is 1. The van der Waals surface area contributed by atoms with Crippen molar-refractivity contribution >= 4 is 33.7 Å². The van der Waals surface area contributed by atoms with Crippen LogP contribution in [0.1, 0.15) is 42.4 Å². The number of ketones is 1. The SMILES string of the molecule is CC(=O)Nc1cccc(-c2c(N3CCOCC3)sc3c2CC(C)(C)CC3=O)c1. The molecule has 6 heteroatoms. The van der Waals surface area contributed by atoms with E-state index in [-0.39, 0.29) is 17.1 Å². The normalized spacial score (nSPS) is 18.7. The molecule has 5 nitrogen and oxygen atoms in total. The molecule has 1 amide bonds. The van der Waals surface area contributed by atoms with Crippen LogP contribution < -0.4 is 10.2 Å². The number of carbonyl (C=O) groups excluding carboxylic acids is 2. The first-order chi connectivity index (χ1) is 13.3. The molecular formula is C22H26N2O3S. The number of morpholine rings is 1. The minimum Gasteiger partial charge on any atom is -0.378 e. The average molecular weight is 399 g/mol. The van der Waals surface area contributed by atoms with Gasteiger partial charge in [-0.2, -0.15) is 0 Å². The van der Waals surface area contributed by atoms with E-state index in [0.717, 1.165) is 51.8 Å². The van der Waals surface area contributed by atoms with Crippen LogP contribution in [0.15, 0.2) is 24.3 Å². The van der Waals surface area contributed by atoms with Gasteiger partial charge < -0.3 is 15.0 Å². The first-order valence-corrected chi connectivity index (χ1v) is 10.6. The fourth-order valence-electron chi connectivity index (χ4n) is 4.14. The molecule has 0 bridgehead atoms. The van der Waals surface area contributed by atoms with E-state index in [9.17, 15) is 9.59 Å². The lowest BCUT2D eigenvalue weighted by Crippen LogP contribution is -2.36. The van der Waals surface area contributed by atoms with Crippen molar-refractivity contribution in [3.05, 3.63) is 34.7 Å². The molecule has 2 aliphatic rings. The maximum atomic E-state index is 12.9. The maximum absolute atomic E-state index is 12.9. The van der Waals surface area contributed by atoms with Gasteiger partial charge in [-0.05, 0) is 35.1 Å². The molecule has 2 aromatic rings. The molecule has 0 spiro atoms. The highest BCUT2D eigenvalue weighted by molar-refractivity contribution is 7.19. The molecule has 4 rings (SSSR count). The van der Waals surface area contributed by atoms with Crippen LogP contribution in [0, 0.1) is 5.41 Å². The fourth-order valence-corrected chi connectivity index (χ4v) is 5.48. The van der Waals surface area contributed by atoms with Gasteiger partial charge in [0.1, 0.15) is 0 Å². The highest BCUT2D eigenvalue weighted by Crippen LogP contribution is 2.49. The summed E-state index contributed by atoms with van der Waals surface area (Å²) in [6.07, 6.45) is 1.48. The maximum Gasteiger partial charge on any atom is 0.221 e. The Labute approximate surface area is 169 Å². The van der Waals surface area contributed by atoms with Gasteiger partial charge in [-0.1, -0.05) is 26.0 Å². The van der Waals surface area contributed by atoms with Gasteiger partial charge in [-0.3, -0.25) is 9.59 Å². The third-order valence-electron chi connectivity index (χ3n) is 5.31. The Balaban J connectivity index is 1.87. The van der Waals surface area contributed by atoms with E-state index in [1.54, 1.807) is 11.3 Å². The lowest BCUT2D eigenvalue weighted by atomic mass is 9.75. The third-order valence-corrected chi connectivity index (χ3v) is 6.64. The van der Waals surface area contributed by atoms with Crippen LogP contribution in [-0.4, -0.2) is 38.0 Å². The molecule has 0 unspecified atom stereocenters. The van der Waals surface area contributed by atoms with Gasteiger partial charge in [-0.15, -0.1) is 11.3 Å². The van der Waals surface area contributed by atoms with Crippen molar-refractivity contribution in [1.82, 2.24) is 0 Å². The van der Waals surface area contributed by atoms with E-state index in [1.807, 2.05) is 18.2 Å². The summed E-state index contributed by atoms with van der Waals surface area (Å²) in [7, 11) is 0. The predicted octanol–water partition coefficient (Wildman–Crippen LogP) is 4.37. The summed E-state index contributed by atoms with van der Waals surface area (Å²) in [6.45, 7) is 8.90. The van der Waals surface area contributed by atoms with Gasteiger partial charge in [0.15, 0.2) is 5.78 Å². The van der Waals surface area contributed by atoms with Gasteiger partial charge in [0.05, 0.1) is 23.1 Å². The second-order valence-electron chi connectivity index (χ2n) is 8.39. The van der Waals surface area contributed by atoms with Crippen molar-refractivity contribution in [2.24, 2.45) is 5.41 Å². The summed E-state index contributed by atoms with van der Waals surface area (Å²) in [5.41, 5.74) is 4.09. The number of amides is 1. The molecular weight excluding hydrogens is 372 g/mol. The fraction of sp³-hybridized carbons (Fsp3) is 0.455. The molecule has 2 heterocycles.